The van der Waals surface area contributed by atoms with Crippen LogP contribution in [-0.2, 0) is 6.61 Å². The maximum atomic E-state index is 13.4. The Hall–Kier alpha value is -1.33. The Labute approximate surface area is 90.0 Å². The minimum absolute atomic E-state index is 0.166. The average molecular weight is 225 g/mol. The first kappa shape index (κ1) is 10.2. The highest BCUT2D eigenvalue weighted by Crippen LogP contribution is 2.28. The maximum absolute atomic E-state index is 13.4. The highest BCUT2D eigenvalue weighted by atomic mass is 32.2. The number of aromatic nitrogens is 1. The third kappa shape index (κ3) is 2.37. The lowest BCUT2D eigenvalue weighted by Gasteiger charge is -2.01. The van der Waals surface area contributed by atoms with Gasteiger partial charge in [-0.05, 0) is 29.5 Å². The summed E-state index contributed by atoms with van der Waals surface area (Å²) in [6.07, 6.45) is 2.94. The van der Waals surface area contributed by atoms with E-state index in [2.05, 4.69) is 4.98 Å². The van der Waals surface area contributed by atoms with Crippen molar-refractivity contribution in [2.45, 2.75) is 16.7 Å². The van der Waals surface area contributed by atoms with Crippen molar-refractivity contribution in [3.8, 4) is 0 Å². The van der Waals surface area contributed by atoms with Gasteiger partial charge >= 0.3 is 0 Å². The van der Waals surface area contributed by atoms with Gasteiger partial charge in [-0.25, -0.2) is 9.37 Å². The van der Waals surface area contributed by atoms with Gasteiger partial charge in [0.25, 0.3) is 5.22 Å². The van der Waals surface area contributed by atoms with E-state index in [1.807, 2.05) is 0 Å². The molecule has 0 bridgehead atoms. The van der Waals surface area contributed by atoms with Crippen LogP contribution in [0.4, 0.5) is 4.39 Å². The van der Waals surface area contributed by atoms with E-state index in [4.69, 9.17) is 9.52 Å². The molecule has 1 aromatic carbocycles. The summed E-state index contributed by atoms with van der Waals surface area (Å²) in [7, 11) is 0. The van der Waals surface area contributed by atoms with Crippen molar-refractivity contribution >= 4 is 11.8 Å². The molecule has 5 heteroatoms. The lowest BCUT2D eigenvalue weighted by atomic mass is 10.2. The van der Waals surface area contributed by atoms with Gasteiger partial charge in [0.05, 0.1) is 17.7 Å². The molecular weight excluding hydrogens is 217 g/mol. The molecule has 15 heavy (non-hydrogen) atoms. The van der Waals surface area contributed by atoms with Crippen molar-refractivity contribution in [1.29, 1.82) is 0 Å². The first-order valence-corrected chi connectivity index (χ1v) is 5.08. The molecular formula is C10H8FNO2S. The molecule has 0 saturated carbocycles. The van der Waals surface area contributed by atoms with Crippen molar-refractivity contribution in [2.75, 3.05) is 0 Å². The molecule has 2 aromatic rings. The normalized spacial score (nSPS) is 10.5. The lowest BCUT2D eigenvalue weighted by molar-refractivity contribution is 0.281. The van der Waals surface area contributed by atoms with Gasteiger partial charge in [-0.15, -0.1) is 0 Å². The Morgan fingerprint density at radius 1 is 1.47 bits per heavy atom. The van der Waals surface area contributed by atoms with E-state index >= 15 is 0 Å². The SMILES string of the molecule is OCc1ccc(Sc2ncco2)c(F)c1. The number of hydrogen-bond acceptors (Lipinski definition) is 4. The number of benzene rings is 1. The van der Waals surface area contributed by atoms with Crippen molar-refractivity contribution in [3.05, 3.63) is 42.0 Å². The van der Waals surface area contributed by atoms with Crippen LogP contribution < -0.4 is 0 Å². The number of aliphatic hydroxyl groups excluding tert-OH is 1. The van der Waals surface area contributed by atoms with Crippen LogP contribution in [0.5, 0.6) is 0 Å². The molecule has 3 nitrogen and oxygen atoms in total. The van der Waals surface area contributed by atoms with Crippen molar-refractivity contribution in [1.82, 2.24) is 4.98 Å². The number of halogens is 1. The third-order valence-corrected chi connectivity index (χ3v) is 2.71. The minimum atomic E-state index is -0.384. The molecule has 0 fully saturated rings. The van der Waals surface area contributed by atoms with E-state index in [0.29, 0.717) is 15.7 Å². The van der Waals surface area contributed by atoms with Crippen LogP contribution in [0.1, 0.15) is 5.56 Å². The van der Waals surface area contributed by atoms with Crippen LogP contribution in [0, 0.1) is 5.82 Å². The molecule has 78 valence electrons. The van der Waals surface area contributed by atoms with E-state index in [0.717, 1.165) is 11.8 Å². The molecule has 0 aliphatic heterocycles. The largest absolute Gasteiger partial charge is 0.440 e. The summed E-state index contributed by atoms with van der Waals surface area (Å²) in [5.41, 5.74) is 0.546. The number of oxazole rings is 1. The van der Waals surface area contributed by atoms with Crippen molar-refractivity contribution in [3.63, 3.8) is 0 Å². The van der Waals surface area contributed by atoms with Crippen LogP contribution in [0.25, 0.3) is 0 Å². The van der Waals surface area contributed by atoms with Crippen molar-refractivity contribution in [2.24, 2.45) is 0 Å². The Kier molecular flexibility index (Phi) is 3.03. The molecule has 0 radical (unpaired) electrons. The van der Waals surface area contributed by atoms with E-state index in [1.54, 1.807) is 12.1 Å². The minimum Gasteiger partial charge on any atom is -0.440 e. The summed E-state index contributed by atoms with van der Waals surface area (Å²) < 4.78 is 18.4. The van der Waals surface area contributed by atoms with Crippen LogP contribution in [-0.4, -0.2) is 10.1 Å². The molecule has 0 spiro atoms. The molecule has 1 aromatic heterocycles. The average Bonchev–Trinajstić information content (AvgIpc) is 2.74. The fourth-order valence-corrected chi connectivity index (χ4v) is 1.78. The van der Waals surface area contributed by atoms with Gasteiger partial charge in [0.1, 0.15) is 12.1 Å². The number of nitrogens with zero attached hydrogens (tertiary/aromatic N) is 1. The van der Waals surface area contributed by atoms with E-state index in [1.165, 1.54) is 18.5 Å². The standard InChI is InChI=1S/C10H8FNO2S/c11-8-5-7(6-13)1-2-9(8)15-10-12-3-4-14-10/h1-5,13H,6H2. The Bertz CT molecular complexity index is 445. The molecule has 0 amide bonds. The van der Waals surface area contributed by atoms with E-state index < -0.39 is 0 Å². The first-order valence-electron chi connectivity index (χ1n) is 4.26. The quantitative estimate of drug-likeness (QED) is 0.871. The zero-order chi connectivity index (χ0) is 10.7. The van der Waals surface area contributed by atoms with Crippen LogP contribution >= 0.6 is 11.8 Å². The molecule has 0 aliphatic rings. The Balaban J connectivity index is 2.22. The molecule has 0 unspecified atom stereocenters. The summed E-state index contributed by atoms with van der Waals surface area (Å²) in [5, 5.41) is 9.20. The van der Waals surface area contributed by atoms with Gasteiger partial charge in [0, 0.05) is 0 Å². The summed E-state index contributed by atoms with van der Waals surface area (Å²) >= 11 is 1.11. The number of rotatable bonds is 3. The van der Waals surface area contributed by atoms with E-state index in [-0.39, 0.29) is 12.4 Å². The highest BCUT2D eigenvalue weighted by molar-refractivity contribution is 7.99. The monoisotopic (exact) mass is 225 g/mol. The number of aliphatic hydroxyl groups is 1. The molecule has 1 N–H and O–H groups in total. The van der Waals surface area contributed by atoms with Crippen LogP contribution in [0.3, 0.4) is 0 Å². The predicted molar refractivity (Wildman–Crippen MR) is 52.9 cm³/mol. The number of hydrogen-bond donors (Lipinski definition) is 1. The predicted octanol–water partition coefficient (Wildman–Crippen LogP) is 2.46. The molecule has 2 rings (SSSR count). The fourth-order valence-electron chi connectivity index (χ4n) is 1.08. The second-order valence-electron chi connectivity index (χ2n) is 2.82. The van der Waals surface area contributed by atoms with Crippen LogP contribution in [0.2, 0.25) is 0 Å². The highest BCUT2D eigenvalue weighted by Gasteiger charge is 2.07. The van der Waals surface area contributed by atoms with Gasteiger partial charge in [-0.2, -0.15) is 0 Å². The van der Waals surface area contributed by atoms with Gasteiger partial charge in [0.15, 0.2) is 0 Å². The lowest BCUT2D eigenvalue weighted by Crippen LogP contribution is -1.87. The Morgan fingerprint density at radius 3 is 2.93 bits per heavy atom. The zero-order valence-corrected chi connectivity index (χ0v) is 8.50. The van der Waals surface area contributed by atoms with Gasteiger partial charge in [-0.1, -0.05) is 6.07 Å². The van der Waals surface area contributed by atoms with Gasteiger partial charge in [0.2, 0.25) is 0 Å². The summed E-state index contributed by atoms with van der Waals surface area (Å²) in [4.78, 5) is 4.30. The van der Waals surface area contributed by atoms with Crippen molar-refractivity contribution < 1.29 is 13.9 Å². The summed E-state index contributed by atoms with van der Waals surface area (Å²) in [6, 6.07) is 4.55. The molecule has 0 aliphatic carbocycles. The second kappa shape index (κ2) is 4.46. The maximum Gasteiger partial charge on any atom is 0.260 e. The summed E-state index contributed by atoms with van der Waals surface area (Å²) in [6.45, 7) is -0.166. The molecule has 0 atom stereocenters. The second-order valence-corrected chi connectivity index (χ2v) is 3.82. The zero-order valence-electron chi connectivity index (χ0n) is 7.68. The summed E-state index contributed by atoms with van der Waals surface area (Å²) in [5.74, 6) is -0.384. The van der Waals surface area contributed by atoms with E-state index in [9.17, 15) is 4.39 Å². The van der Waals surface area contributed by atoms with Gasteiger partial charge in [-0.3, -0.25) is 0 Å². The topological polar surface area (TPSA) is 46.3 Å². The van der Waals surface area contributed by atoms with Gasteiger partial charge < -0.3 is 9.52 Å². The van der Waals surface area contributed by atoms with Crippen LogP contribution in [0.15, 0.2) is 45.2 Å². The first-order chi connectivity index (χ1) is 7.29. The fraction of sp³-hybridized carbons (Fsp3) is 0.100. The smallest absolute Gasteiger partial charge is 0.260 e. The Morgan fingerprint density at radius 2 is 2.33 bits per heavy atom. The third-order valence-electron chi connectivity index (χ3n) is 1.79. The molecule has 0 saturated heterocycles. The molecule has 1 heterocycles.